The first-order valence-electron chi connectivity index (χ1n) is 6.24. The third-order valence-electron chi connectivity index (χ3n) is 3.36. The molecule has 1 saturated heterocycles. The first kappa shape index (κ1) is 12.5. The number of hydrogen-bond acceptors (Lipinski definition) is 4. The molecule has 2 heterocycles. The molecule has 0 atom stereocenters. The molecule has 1 aromatic carbocycles. The van der Waals surface area contributed by atoms with E-state index in [4.69, 9.17) is 0 Å². The van der Waals surface area contributed by atoms with E-state index in [1.165, 1.54) is 0 Å². The number of nitrogens with one attached hydrogen (secondary N) is 2. The summed E-state index contributed by atoms with van der Waals surface area (Å²) in [6.45, 7) is 0. The summed E-state index contributed by atoms with van der Waals surface area (Å²) < 4.78 is 0. The number of hydrogen-bond donors (Lipinski definition) is 3. The molecule has 3 rings (SSSR count). The van der Waals surface area contributed by atoms with E-state index in [1.54, 1.807) is 11.8 Å². The van der Waals surface area contributed by atoms with E-state index < -0.39 is 5.60 Å². The first-order chi connectivity index (χ1) is 9.17. The zero-order valence-electron chi connectivity index (χ0n) is 10.3. The zero-order chi connectivity index (χ0) is 13.3. The maximum Gasteiger partial charge on any atom is 0.258 e. The third kappa shape index (κ3) is 2.46. The normalized spacial score (nSPS) is 18.4. The summed E-state index contributed by atoms with van der Waals surface area (Å²) in [7, 11) is 0. The summed E-state index contributed by atoms with van der Waals surface area (Å²) in [4.78, 5) is 19.4. The maximum absolute atomic E-state index is 12.1. The van der Waals surface area contributed by atoms with Crippen LogP contribution in [-0.4, -0.2) is 38.1 Å². The van der Waals surface area contributed by atoms with Gasteiger partial charge in [-0.15, -0.1) is 0 Å². The minimum atomic E-state index is -1.26. The number of rotatable bonds is 2. The SMILES string of the molecule is O=C(Nc1nc2ccccc2[nH]1)C1(O)CCSCC1. The summed E-state index contributed by atoms with van der Waals surface area (Å²) in [6.07, 6.45) is 0.980. The first-order valence-corrected chi connectivity index (χ1v) is 7.39. The lowest BCUT2D eigenvalue weighted by molar-refractivity contribution is -0.134. The lowest BCUT2D eigenvalue weighted by atomic mass is 9.96. The Morgan fingerprint density at radius 1 is 1.37 bits per heavy atom. The number of benzene rings is 1. The molecule has 0 bridgehead atoms. The van der Waals surface area contributed by atoms with E-state index in [-0.39, 0.29) is 5.91 Å². The number of thioether (sulfide) groups is 1. The molecule has 3 N–H and O–H groups in total. The van der Waals surface area contributed by atoms with Crippen LogP contribution in [0, 0.1) is 0 Å². The van der Waals surface area contributed by atoms with E-state index in [1.807, 2.05) is 24.3 Å². The van der Waals surface area contributed by atoms with Crippen LogP contribution in [0.25, 0.3) is 11.0 Å². The highest BCUT2D eigenvalue weighted by molar-refractivity contribution is 7.99. The van der Waals surface area contributed by atoms with Crippen molar-refractivity contribution < 1.29 is 9.90 Å². The van der Waals surface area contributed by atoms with Gasteiger partial charge in [0.1, 0.15) is 5.60 Å². The number of aromatic nitrogens is 2. The molecule has 0 aliphatic carbocycles. The van der Waals surface area contributed by atoms with Crippen molar-refractivity contribution in [3.8, 4) is 0 Å². The molecule has 1 amide bonds. The molecule has 1 aliphatic heterocycles. The highest BCUT2D eigenvalue weighted by Crippen LogP contribution is 2.28. The van der Waals surface area contributed by atoms with Crippen LogP contribution in [-0.2, 0) is 4.79 Å². The lowest BCUT2D eigenvalue weighted by Crippen LogP contribution is -2.45. The smallest absolute Gasteiger partial charge is 0.258 e. The number of carbonyl (C=O) groups is 1. The number of carbonyl (C=O) groups excluding carboxylic acids is 1. The summed E-state index contributed by atoms with van der Waals surface area (Å²) in [5, 5.41) is 13.0. The zero-order valence-corrected chi connectivity index (χ0v) is 11.2. The molecule has 1 aliphatic rings. The topological polar surface area (TPSA) is 78.0 Å². The Labute approximate surface area is 114 Å². The summed E-state index contributed by atoms with van der Waals surface area (Å²) in [6, 6.07) is 7.55. The van der Waals surface area contributed by atoms with Crippen molar-refractivity contribution in [1.29, 1.82) is 0 Å². The van der Waals surface area contributed by atoms with Gasteiger partial charge in [0.2, 0.25) is 5.95 Å². The van der Waals surface area contributed by atoms with Crippen molar-refractivity contribution in [1.82, 2.24) is 9.97 Å². The second-order valence-corrected chi connectivity index (χ2v) is 5.93. The average Bonchev–Trinajstić information content (AvgIpc) is 2.81. The molecule has 2 aromatic rings. The van der Waals surface area contributed by atoms with Crippen molar-refractivity contribution in [3.63, 3.8) is 0 Å². The predicted octanol–water partition coefficient (Wildman–Crippen LogP) is 1.76. The minimum Gasteiger partial charge on any atom is -0.380 e. The molecule has 5 nitrogen and oxygen atoms in total. The number of anilines is 1. The van der Waals surface area contributed by atoms with Gasteiger partial charge in [0.15, 0.2) is 0 Å². The van der Waals surface area contributed by atoms with Crippen LogP contribution in [0.1, 0.15) is 12.8 Å². The van der Waals surface area contributed by atoms with Crippen molar-refractivity contribution in [2.45, 2.75) is 18.4 Å². The van der Waals surface area contributed by atoms with E-state index in [9.17, 15) is 9.90 Å². The molecule has 0 unspecified atom stereocenters. The molecule has 6 heteroatoms. The number of aliphatic hydroxyl groups is 1. The Hall–Kier alpha value is -1.53. The van der Waals surface area contributed by atoms with E-state index in [0.717, 1.165) is 22.5 Å². The molecule has 0 saturated carbocycles. The molecule has 100 valence electrons. The summed E-state index contributed by atoms with van der Waals surface area (Å²) in [5.41, 5.74) is 0.400. The Morgan fingerprint density at radius 3 is 2.84 bits per heavy atom. The van der Waals surface area contributed by atoms with Crippen molar-refractivity contribution in [3.05, 3.63) is 24.3 Å². The van der Waals surface area contributed by atoms with Gasteiger partial charge in [-0.3, -0.25) is 10.1 Å². The number of fused-ring (bicyclic) bond motifs is 1. The largest absolute Gasteiger partial charge is 0.380 e. The van der Waals surface area contributed by atoms with Gasteiger partial charge in [-0.05, 0) is 36.5 Å². The Balaban J connectivity index is 1.78. The fourth-order valence-electron chi connectivity index (χ4n) is 2.17. The highest BCUT2D eigenvalue weighted by atomic mass is 32.2. The van der Waals surface area contributed by atoms with Crippen LogP contribution in [0.2, 0.25) is 0 Å². The lowest BCUT2D eigenvalue weighted by Gasteiger charge is -2.29. The Bertz CT molecular complexity index is 572. The fourth-order valence-corrected chi connectivity index (χ4v) is 3.34. The van der Waals surface area contributed by atoms with Crippen molar-refractivity contribution >= 4 is 34.7 Å². The summed E-state index contributed by atoms with van der Waals surface area (Å²) in [5.74, 6) is 1.64. The van der Waals surface area contributed by atoms with Crippen LogP contribution < -0.4 is 5.32 Å². The van der Waals surface area contributed by atoms with Gasteiger partial charge >= 0.3 is 0 Å². The molecular weight excluding hydrogens is 262 g/mol. The fraction of sp³-hybridized carbons (Fsp3) is 0.385. The molecule has 1 fully saturated rings. The monoisotopic (exact) mass is 277 g/mol. The van der Waals surface area contributed by atoms with Crippen LogP contribution in [0.5, 0.6) is 0 Å². The number of imidazole rings is 1. The van der Waals surface area contributed by atoms with Gasteiger partial charge in [0.05, 0.1) is 11.0 Å². The summed E-state index contributed by atoms with van der Waals surface area (Å²) >= 11 is 1.76. The molecule has 0 radical (unpaired) electrons. The van der Waals surface area contributed by atoms with Crippen molar-refractivity contribution in [2.24, 2.45) is 0 Å². The number of amides is 1. The predicted molar refractivity (Wildman–Crippen MR) is 76.2 cm³/mol. The van der Waals surface area contributed by atoms with Gasteiger partial charge in [0, 0.05) is 0 Å². The van der Waals surface area contributed by atoms with Crippen LogP contribution in [0.3, 0.4) is 0 Å². The highest BCUT2D eigenvalue weighted by Gasteiger charge is 2.37. The van der Waals surface area contributed by atoms with Crippen LogP contribution >= 0.6 is 11.8 Å². The van der Waals surface area contributed by atoms with Gasteiger partial charge in [0.25, 0.3) is 5.91 Å². The van der Waals surface area contributed by atoms with Crippen molar-refractivity contribution in [2.75, 3.05) is 16.8 Å². The molecule has 0 spiro atoms. The molecular formula is C13H15N3O2S. The Kier molecular flexibility index (Phi) is 3.20. The molecule has 19 heavy (non-hydrogen) atoms. The van der Waals surface area contributed by atoms with Gasteiger partial charge in [-0.2, -0.15) is 11.8 Å². The maximum atomic E-state index is 12.1. The second-order valence-electron chi connectivity index (χ2n) is 4.70. The van der Waals surface area contributed by atoms with Gasteiger partial charge in [-0.25, -0.2) is 4.98 Å². The third-order valence-corrected chi connectivity index (χ3v) is 4.35. The molecule has 1 aromatic heterocycles. The van der Waals surface area contributed by atoms with Gasteiger partial charge in [-0.1, -0.05) is 12.1 Å². The Morgan fingerprint density at radius 2 is 2.11 bits per heavy atom. The van der Waals surface area contributed by atoms with Crippen LogP contribution in [0.15, 0.2) is 24.3 Å². The van der Waals surface area contributed by atoms with E-state index >= 15 is 0 Å². The second kappa shape index (κ2) is 4.86. The average molecular weight is 277 g/mol. The number of H-pyrrole nitrogens is 1. The van der Waals surface area contributed by atoms with Crippen LogP contribution in [0.4, 0.5) is 5.95 Å². The van der Waals surface area contributed by atoms with E-state index in [2.05, 4.69) is 15.3 Å². The number of aromatic amines is 1. The van der Waals surface area contributed by atoms with Gasteiger partial charge < -0.3 is 10.1 Å². The minimum absolute atomic E-state index is 0.369. The van der Waals surface area contributed by atoms with E-state index in [0.29, 0.717) is 18.8 Å². The number of nitrogens with zero attached hydrogens (tertiary/aromatic N) is 1. The standard InChI is InChI=1S/C13H15N3O2S/c17-11(13(18)5-7-19-8-6-13)16-12-14-9-3-1-2-4-10(9)15-12/h1-4,18H,5-8H2,(H2,14,15,16,17). The quantitative estimate of drug-likeness (QED) is 0.781. The number of para-hydroxylation sites is 2.